The Labute approximate surface area is 149 Å². The largest absolute Gasteiger partial charge is 0.491 e. The highest BCUT2D eigenvalue weighted by Gasteiger charge is 2.12. The molecule has 1 N–H and O–H groups in total. The van der Waals surface area contributed by atoms with E-state index >= 15 is 0 Å². The monoisotopic (exact) mass is 356 g/mol. The number of nitrogens with zero attached hydrogens (tertiary/aromatic N) is 3. The molecule has 1 amide bonds. The maximum atomic E-state index is 13.8. The Kier molecular flexibility index (Phi) is 5.52. The molecule has 0 aliphatic carbocycles. The number of aryl methyl sites for hydroxylation is 1. The molecule has 134 valence electrons. The summed E-state index contributed by atoms with van der Waals surface area (Å²) in [7, 11) is 0. The smallest absolute Gasteiger partial charge is 0.227 e. The summed E-state index contributed by atoms with van der Waals surface area (Å²) in [5.41, 5.74) is 1.09. The van der Waals surface area contributed by atoms with Gasteiger partial charge in [-0.05, 0) is 31.2 Å². The molecule has 0 atom stereocenters. The highest BCUT2D eigenvalue weighted by atomic mass is 19.1. The number of pyridine rings is 1. The van der Waals surface area contributed by atoms with E-state index in [0.717, 1.165) is 5.56 Å². The first-order chi connectivity index (χ1) is 12.7. The lowest BCUT2D eigenvalue weighted by Gasteiger charge is -2.08. The summed E-state index contributed by atoms with van der Waals surface area (Å²) in [5, 5.41) is 6.49. The molecule has 7 nitrogen and oxygen atoms in total. The topological polar surface area (TPSA) is 90.1 Å². The Bertz CT molecular complexity index is 883. The van der Waals surface area contributed by atoms with Gasteiger partial charge < -0.3 is 14.6 Å². The average Bonchev–Trinajstić information content (AvgIpc) is 3.12. The zero-order valence-electron chi connectivity index (χ0n) is 14.1. The first kappa shape index (κ1) is 17.5. The van der Waals surface area contributed by atoms with Crippen molar-refractivity contribution >= 4 is 11.6 Å². The van der Waals surface area contributed by atoms with Crippen molar-refractivity contribution in [2.24, 2.45) is 0 Å². The number of nitrogens with one attached hydrogen (secondary N) is 1. The number of hydrogen-bond acceptors (Lipinski definition) is 6. The van der Waals surface area contributed by atoms with Crippen molar-refractivity contribution in [1.82, 2.24) is 15.1 Å². The summed E-state index contributed by atoms with van der Waals surface area (Å²) in [5.74, 6) is 0.107. The number of carbonyl (C=O) groups is 1. The van der Waals surface area contributed by atoms with Gasteiger partial charge in [-0.2, -0.15) is 4.98 Å². The number of rotatable bonds is 7. The molecule has 0 saturated heterocycles. The van der Waals surface area contributed by atoms with Gasteiger partial charge in [0.25, 0.3) is 0 Å². The fourth-order valence-electron chi connectivity index (χ4n) is 2.26. The number of anilines is 1. The van der Waals surface area contributed by atoms with Crippen molar-refractivity contribution in [3.8, 4) is 17.1 Å². The van der Waals surface area contributed by atoms with Crippen LogP contribution in [0.25, 0.3) is 11.4 Å². The fraction of sp³-hybridized carbons (Fsp3) is 0.222. The van der Waals surface area contributed by atoms with Crippen molar-refractivity contribution in [1.29, 1.82) is 0 Å². The number of carbonyl (C=O) groups excluding carboxylic acids is 1. The first-order valence-electron chi connectivity index (χ1n) is 8.11. The van der Waals surface area contributed by atoms with Gasteiger partial charge in [0.05, 0.1) is 6.61 Å². The lowest BCUT2D eigenvalue weighted by Crippen LogP contribution is -2.12. The van der Waals surface area contributed by atoms with Crippen molar-refractivity contribution < 1.29 is 18.4 Å². The van der Waals surface area contributed by atoms with Gasteiger partial charge in [-0.15, -0.1) is 0 Å². The Morgan fingerprint density at radius 2 is 2.23 bits per heavy atom. The summed E-state index contributed by atoms with van der Waals surface area (Å²) in [6.45, 7) is 2.14. The molecule has 0 saturated carbocycles. The molecular formula is C18H17FN4O3. The van der Waals surface area contributed by atoms with Crippen LogP contribution < -0.4 is 10.1 Å². The third kappa shape index (κ3) is 4.41. The van der Waals surface area contributed by atoms with E-state index in [9.17, 15) is 9.18 Å². The maximum Gasteiger partial charge on any atom is 0.227 e. The number of ether oxygens (including phenoxy) is 1. The highest BCUT2D eigenvalue weighted by molar-refractivity contribution is 5.90. The minimum absolute atomic E-state index is 0.128. The van der Waals surface area contributed by atoms with Crippen LogP contribution in [0.2, 0.25) is 0 Å². The van der Waals surface area contributed by atoms with Gasteiger partial charge in [0.1, 0.15) is 0 Å². The molecule has 26 heavy (non-hydrogen) atoms. The van der Waals surface area contributed by atoms with Gasteiger partial charge in [-0.1, -0.05) is 5.16 Å². The summed E-state index contributed by atoms with van der Waals surface area (Å²) in [4.78, 5) is 20.2. The Morgan fingerprint density at radius 3 is 2.96 bits per heavy atom. The van der Waals surface area contributed by atoms with Crippen LogP contribution in [0.1, 0.15) is 19.2 Å². The third-order valence-corrected chi connectivity index (χ3v) is 3.47. The van der Waals surface area contributed by atoms with E-state index in [1.54, 1.807) is 31.5 Å². The van der Waals surface area contributed by atoms with Gasteiger partial charge >= 0.3 is 0 Å². The highest BCUT2D eigenvalue weighted by Crippen LogP contribution is 2.21. The van der Waals surface area contributed by atoms with Crippen LogP contribution in [0.5, 0.6) is 5.75 Å². The quantitative estimate of drug-likeness (QED) is 0.699. The minimum Gasteiger partial charge on any atom is -0.491 e. The number of hydrogen-bond donors (Lipinski definition) is 1. The van der Waals surface area contributed by atoms with E-state index in [0.29, 0.717) is 24.0 Å². The molecule has 3 rings (SSSR count). The van der Waals surface area contributed by atoms with Gasteiger partial charge in [0, 0.05) is 42.6 Å². The number of aromatic nitrogens is 3. The lowest BCUT2D eigenvalue weighted by molar-refractivity contribution is -0.116. The second kappa shape index (κ2) is 8.19. The fourth-order valence-corrected chi connectivity index (χ4v) is 2.26. The van der Waals surface area contributed by atoms with Crippen LogP contribution in [-0.4, -0.2) is 27.6 Å². The number of benzene rings is 1. The van der Waals surface area contributed by atoms with Crippen molar-refractivity contribution in [2.75, 3.05) is 11.9 Å². The SMILES string of the molecule is CCOc1ccc(NC(=O)CCc2nc(-c3cccnc3)no2)cc1F. The van der Waals surface area contributed by atoms with Crippen LogP contribution >= 0.6 is 0 Å². The van der Waals surface area contributed by atoms with Crippen molar-refractivity contribution in [2.45, 2.75) is 19.8 Å². The van der Waals surface area contributed by atoms with Crippen LogP contribution in [-0.2, 0) is 11.2 Å². The predicted molar refractivity (Wildman–Crippen MR) is 92.0 cm³/mol. The normalized spacial score (nSPS) is 10.5. The summed E-state index contributed by atoms with van der Waals surface area (Å²) < 4.78 is 24.0. The van der Waals surface area contributed by atoms with Crippen LogP contribution in [0.4, 0.5) is 10.1 Å². The summed E-state index contributed by atoms with van der Waals surface area (Å²) in [6, 6.07) is 7.87. The molecular weight excluding hydrogens is 339 g/mol. The molecule has 2 heterocycles. The van der Waals surface area contributed by atoms with Gasteiger partial charge in [-0.25, -0.2) is 4.39 Å². The van der Waals surface area contributed by atoms with Crippen LogP contribution in [0, 0.1) is 5.82 Å². The standard InChI is InChI=1S/C18H17FN4O3/c1-2-25-15-6-5-13(10-14(15)19)21-16(24)7-8-17-22-18(23-26-17)12-4-3-9-20-11-12/h3-6,9-11H,2,7-8H2,1H3,(H,21,24). The van der Waals surface area contributed by atoms with Gasteiger partial charge in [0.2, 0.25) is 17.6 Å². The third-order valence-electron chi connectivity index (χ3n) is 3.47. The molecule has 2 aromatic heterocycles. The molecule has 0 bridgehead atoms. The van der Waals surface area contributed by atoms with Gasteiger partial charge in [-0.3, -0.25) is 9.78 Å². The van der Waals surface area contributed by atoms with Crippen LogP contribution in [0.15, 0.2) is 47.2 Å². The number of halogens is 1. The predicted octanol–water partition coefficient (Wildman–Crippen LogP) is 3.24. The second-order valence-corrected chi connectivity index (χ2v) is 5.38. The van der Waals surface area contributed by atoms with Crippen LogP contribution in [0.3, 0.4) is 0 Å². The van der Waals surface area contributed by atoms with E-state index in [4.69, 9.17) is 9.26 Å². The lowest BCUT2D eigenvalue weighted by atomic mass is 10.2. The maximum absolute atomic E-state index is 13.8. The Morgan fingerprint density at radius 1 is 1.35 bits per heavy atom. The molecule has 1 aromatic carbocycles. The van der Waals surface area contributed by atoms with Crippen molar-refractivity contribution in [3.63, 3.8) is 0 Å². The molecule has 8 heteroatoms. The molecule has 0 aliphatic rings. The Hall–Kier alpha value is -3.29. The van der Waals surface area contributed by atoms with E-state index in [2.05, 4.69) is 20.4 Å². The molecule has 3 aromatic rings. The van der Waals surface area contributed by atoms with E-state index in [1.165, 1.54) is 12.1 Å². The van der Waals surface area contributed by atoms with E-state index in [1.807, 2.05) is 6.07 Å². The number of amides is 1. The van der Waals surface area contributed by atoms with E-state index < -0.39 is 5.82 Å². The van der Waals surface area contributed by atoms with Gasteiger partial charge in [0.15, 0.2) is 11.6 Å². The zero-order valence-corrected chi connectivity index (χ0v) is 14.1. The summed E-state index contributed by atoms with van der Waals surface area (Å²) >= 11 is 0. The summed E-state index contributed by atoms with van der Waals surface area (Å²) in [6.07, 6.45) is 3.68. The molecule has 0 unspecified atom stereocenters. The second-order valence-electron chi connectivity index (χ2n) is 5.38. The molecule has 0 radical (unpaired) electrons. The Balaban J connectivity index is 1.55. The first-order valence-corrected chi connectivity index (χ1v) is 8.11. The molecule has 0 aliphatic heterocycles. The minimum atomic E-state index is -0.525. The van der Waals surface area contributed by atoms with E-state index in [-0.39, 0.29) is 24.5 Å². The average molecular weight is 356 g/mol. The molecule has 0 fully saturated rings. The zero-order chi connectivity index (χ0) is 18.4. The molecule has 0 spiro atoms. The van der Waals surface area contributed by atoms with Crippen molar-refractivity contribution in [3.05, 3.63) is 54.4 Å².